The number of hydrogen-bond acceptors (Lipinski definition) is 1. The van der Waals surface area contributed by atoms with Gasteiger partial charge in [0.25, 0.3) is 0 Å². The normalized spacial score (nSPS) is 12.5. The molecule has 4 rings (SSSR count). The van der Waals surface area contributed by atoms with Crippen LogP contribution in [0.2, 0.25) is 0 Å². The third kappa shape index (κ3) is 3.33. The van der Waals surface area contributed by atoms with Crippen molar-refractivity contribution < 1.29 is 9.18 Å². The Balaban J connectivity index is 1.79. The monoisotopic (exact) mass is 373 g/mol. The smallest absolute Gasteiger partial charge is 0.195 e. The number of aromatic nitrogens is 1. The molecule has 1 aromatic heterocycles. The van der Waals surface area contributed by atoms with Gasteiger partial charge in [0.05, 0.1) is 6.17 Å². The van der Waals surface area contributed by atoms with Crippen molar-refractivity contribution in [2.24, 2.45) is 0 Å². The van der Waals surface area contributed by atoms with Crippen LogP contribution in [0.15, 0.2) is 66.9 Å². The van der Waals surface area contributed by atoms with E-state index in [1.807, 2.05) is 60.8 Å². The predicted octanol–water partition coefficient (Wildman–Crippen LogP) is 6.47. The number of halogens is 1. The van der Waals surface area contributed by atoms with Crippen molar-refractivity contribution in [1.82, 2.24) is 4.57 Å². The van der Waals surface area contributed by atoms with Gasteiger partial charge in [0.2, 0.25) is 0 Å². The third-order valence-corrected chi connectivity index (χ3v) is 5.42. The van der Waals surface area contributed by atoms with Crippen LogP contribution in [0.3, 0.4) is 0 Å². The second kappa shape index (κ2) is 7.59. The van der Waals surface area contributed by atoms with E-state index in [0.29, 0.717) is 18.5 Å². The topological polar surface area (TPSA) is 22.0 Å². The molecule has 142 valence electrons. The number of benzene rings is 3. The molecule has 0 bridgehead atoms. The lowest BCUT2D eigenvalue weighted by molar-refractivity contribution is 0.104. The summed E-state index contributed by atoms with van der Waals surface area (Å²) in [6, 6.07) is 19.9. The maximum absolute atomic E-state index is 13.5. The molecule has 4 aromatic rings. The van der Waals surface area contributed by atoms with Gasteiger partial charge in [-0.3, -0.25) is 4.79 Å². The van der Waals surface area contributed by atoms with E-state index in [1.165, 1.54) is 0 Å². The Labute approximate surface area is 164 Å². The summed E-state index contributed by atoms with van der Waals surface area (Å²) in [6.07, 6.45) is 2.40. The number of carbonyl (C=O) groups is 1. The second-order valence-corrected chi connectivity index (χ2v) is 7.48. The molecule has 0 aliphatic rings. The first kappa shape index (κ1) is 18.4. The number of ketones is 1. The van der Waals surface area contributed by atoms with Crippen LogP contribution < -0.4 is 0 Å². The van der Waals surface area contributed by atoms with E-state index in [4.69, 9.17) is 0 Å². The fraction of sp³-hybridized carbons (Fsp3) is 0.240. The zero-order valence-corrected chi connectivity index (χ0v) is 16.3. The highest BCUT2D eigenvalue weighted by Gasteiger charge is 2.19. The van der Waals surface area contributed by atoms with Gasteiger partial charge in [0.1, 0.15) is 0 Å². The van der Waals surface area contributed by atoms with Crippen molar-refractivity contribution >= 4 is 27.5 Å². The lowest BCUT2D eigenvalue weighted by atomic mass is 9.95. The molecule has 0 fully saturated rings. The SMILES string of the molecule is Cc1ccc(C(=O)c2cn(CCC[C@H](C)F)c3ccccc23)c2ccccc12. The maximum Gasteiger partial charge on any atom is 0.195 e. The highest BCUT2D eigenvalue weighted by Crippen LogP contribution is 2.29. The van der Waals surface area contributed by atoms with Gasteiger partial charge >= 0.3 is 0 Å². The standard InChI is InChI=1S/C25H24FNO/c1-17-13-14-22(20-10-4-3-9-19(17)20)25(28)23-16-27(15-7-8-18(2)26)24-12-6-5-11-21(23)24/h3-6,9-14,16,18H,7-8,15H2,1-2H3/t18-/m0/s1. The molecule has 0 N–H and O–H groups in total. The van der Waals surface area contributed by atoms with Crippen LogP contribution in [0, 0.1) is 6.92 Å². The number of alkyl halides is 1. The molecule has 3 heteroatoms. The predicted molar refractivity (Wildman–Crippen MR) is 114 cm³/mol. The Bertz CT molecular complexity index is 1160. The second-order valence-electron chi connectivity index (χ2n) is 7.48. The summed E-state index contributed by atoms with van der Waals surface area (Å²) in [4.78, 5) is 13.5. The van der Waals surface area contributed by atoms with Crippen molar-refractivity contribution in [3.8, 4) is 0 Å². The molecular weight excluding hydrogens is 349 g/mol. The summed E-state index contributed by atoms with van der Waals surface area (Å²) >= 11 is 0. The van der Waals surface area contributed by atoms with Crippen molar-refractivity contribution in [2.45, 2.75) is 39.4 Å². The van der Waals surface area contributed by atoms with Crippen molar-refractivity contribution in [2.75, 3.05) is 0 Å². The molecule has 0 aliphatic carbocycles. The minimum atomic E-state index is -0.804. The molecule has 0 saturated carbocycles. The van der Waals surface area contributed by atoms with E-state index in [-0.39, 0.29) is 5.78 Å². The molecule has 0 saturated heterocycles. The highest BCUT2D eigenvalue weighted by molar-refractivity contribution is 6.21. The van der Waals surface area contributed by atoms with E-state index in [1.54, 1.807) is 6.92 Å². The quantitative estimate of drug-likeness (QED) is 0.355. The third-order valence-electron chi connectivity index (χ3n) is 5.42. The van der Waals surface area contributed by atoms with Crippen LogP contribution >= 0.6 is 0 Å². The number of para-hydroxylation sites is 1. The number of carbonyl (C=O) groups excluding carboxylic acids is 1. The summed E-state index contributed by atoms with van der Waals surface area (Å²) < 4.78 is 15.3. The first-order chi connectivity index (χ1) is 13.6. The van der Waals surface area contributed by atoms with Gasteiger partial charge in [-0.05, 0) is 49.1 Å². The summed E-state index contributed by atoms with van der Waals surface area (Å²) in [6.45, 7) is 4.36. The van der Waals surface area contributed by atoms with Gasteiger partial charge in [-0.1, -0.05) is 54.6 Å². The van der Waals surface area contributed by atoms with E-state index in [0.717, 1.165) is 39.2 Å². The van der Waals surface area contributed by atoms with Gasteiger partial charge in [0.15, 0.2) is 5.78 Å². The lowest BCUT2D eigenvalue weighted by Crippen LogP contribution is -2.03. The van der Waals surface area contributed by atoms with Gasteiger partial charge in [-0.2, -0.15) is 0 Å². The van der Waals surface area contributed by atoms with E-state index in [9.17, 15) is 9.18 Å². The maximum atomic E-state index is 13.5. The first-order valence-corrected chi connectivity index (χ1v) is 9.81. The van der Waals surface area contributed by atoms with Crippen LogP contribution in [0.1, 0.15) is 41.3 Å². The minimum absolute atomic E-state index is 0.0324. The van der Waals surface area contributed by atoms with Gasteiger partial charge in [-0.15, -0.1) is 0 Å². The zero-order valence-electron chi connectivity index (χ0n) is 16.3. The highest BCUT2D eigenvalue weighted by atomic mass is 19.1. The van der Waals surface area contributed by atoms with Gasteiger partial charge < -0.3 is 4.57 Å². The number of nitrogens with zero attached hydrogens (tertiary/aromatic N) is 1. The molecule has 0 unspecified atom stereocenters. The average molecular weight is 373 g/mol. The van der Waals surface area contributed by atoms with Crippen molar-refractivity contribution in [3.63, 3.8) is 0 Å². The van der Waals surface area contributed by atoms with E-state index >= 15 is 0 Å². The fourth-order valence-corrected chi connectivity index (χ4v) is 3.95. The number of fused-ring (bicyclic) bond motifs is 2. The molecule has 3 aromatic carbocycles. The number of aryl methyl sites for hydroxylation is 2. The molecule has 0 aliphatic heterocycles. The Kier molecular flexibility index (Phi) is 4.99. The first-order valence-electron chi connectivity index (χ1n) is 9.81. The number of hydrogen-bond donors (Lipinski definition) is 0. The average Bonchev–Trinajstić information content (AvgIpc) is 3.07. The zero-order chi connectivity index (χ0) is 19.7. The Morgan fingerprint density at radius 3 is 2.36 bits per heavy atom. The largest absolute Gasteiger partial charge is 0.347 e. The summed E-state index contributed by atoms with van der Waals surface area (Å²) in [5, 5.41) is 3.04. The van der Waals surface area contributed by atoms with Gasteiger partial charge in [0, 0.05) is 34.8 Å². The summed E-state index contributed by atoms with van der Waals surface area (Å²) in [5.41, 5.74) is 3.61. The Morgan fingerprint density at radius 1 is 0.929 bits per heavy atom. The van der Waals surface area contributed by atoms with Crippen LogP contribution in [-0.2, 0) is 6.54 Å². The molecule has 28 heavy (non-hydrogen) atoms. The summed E-state index contributed by atoms with van der Waals surface area (Å²) in [5.74, 6) is 0.0324. The molecule has 2 nitrogen and oxygen atoms in total. The minimum Gasteiger partial charge on any atom is -0.347 e. The Hall–Kier alpha value is -2.94. The number of rotatable bonds is 6. The lowest BCUT2D eigenvalue weighted by Gasteiger charge is -2.08. The molecule has 1 atom stereocenters. The van der Waals surface area contributed by atoms with Crippen molar-refractivity contribution in [1.29, 1.82) is 0 Å². The van der Waals surface area contributed by atoms with Gasteiger partial charge in [-0.25, -0.2) is 4.39 Å². The van der Waals surface area contributed by atoms with Crippen LogP contribution in [-0.4, -0.2) is 16.5 Å². The molecule has 0 spiro atoms. The van der Waals surface area contributed by atoms with Crippen molar-refractivity contribution in [3.05, 3.63) is 83.6 Å². The van der Waals surface area contributed by atoms with E-state index in [2.05, 4.69) is 17.6 Å². The summed E-state index contributed by atoms with van der Waals surface area (Å²) in [7, 11) is 0. The fourth-order valence-electron chi connectivity index (χ4n) is 3.95. The Morgan fingerprint density at radius 2 is 1.61 bits per heavy atom. The van der Waals surface area contributed by atoms with Crippen LogP contribution in [0.4, 0.5) is 4.39 Å². The van der Waals surface area contributed by atoms with E-state index < -0.39 is 6.17 Å². The molecule has 1 heterocycles. The van der Waals surface area contributed by atoms with Crippen LogP contribution in [0.25, 0.3) is 21.7 Å². The molecule has 0 amide bonds. The molecule has 0 radical (unpaired) electrons. The van der Waals surface area contributed by atoms with Crippen LogP contribution in [0.5, 0.6) is 0 Å². The molecular formula is C25H24FNO.